The molecule has 2 aromatic rings. The lowest BCUT2D eigenvalue weighted by Crippen LogP contribution is -1.85. The Hall–Kier alpha value is -3.54. The fourth-order valence-corrected chi connectivity index (χ4v) is 1.51. The van der Waals surface area contributed by atoms with Crippen molar-refractivity contribution in [3.8, 4) is 11.5 Å². The number of benzene rings is 2. The van der Waals surface area contributed by atoms with E-state index in [2.05, 4.69) is 0 Å². The van der Waals surface area contributed by atoms with Gasteiger partial charge in [0.05, 0.1) is 0 Å². The van der Waals surface area contributed by atoms with Gasteiger partial charge in [0.15, 0.2) is 0 Å². The van der Waals surface area contributed by atoms with Gasteiger partial charge >= 0.3 is 11.9 Å². The Balaban J connectivity index is 0.000000240. The maximum absolute atomic E-state index is 10.1. The summed E-state index contributed by atoms with van der Waals surface area (Å²) in [6.07, 6.45) is 5.02. The highest BCUT2D eigenvalue weighted by Gasteiger charge is 1.90. The average molecular weight is 328 g/mol. The van der Waals surface area contributed by atoms with E-state index in [-0.39, 0.29) is 11.5 Å². The van der Waals surface area contributed by atoms with E-state index < -0.39 is 11.9 Å². The molecule has 124 valence electrons. The van der Waals surface area contributed by atoms with Crippen LogP contribution in [0.3, 0.4) is 0 Å². The molecule has 0 saturated carbocycles. The van der Waals surface area contributed by atoms with Crippen LogP contribution in [0.1, 0.15) is 11.1 Å². The number of hydrogen-bond acceptors (Lipinski definition) is 4. The lowest BCUT2D eigenvalue weighted by atomic mass is 10.2. The van der Waals surface area contributed by atoms with E-state index in [1.165, 1.54) is 36.4 Å². The van der Waals surface area contributed by atoms with E-state index in [1.807, 2.05) is 0 Å². The summed E-state index contributed by atoms with van der Waals surface area (Å²) in [5, 5.41) is 34.4. The highest BCUT2D eigenvalue weighted by Crippen LogP contribution is 2.11. The number of aliphatic carboxylic acids is 2. The van der Waals surface area contributed by atoms with Gasteiger partial charge in [-0.3, -0.25) is 0 Å². The van der Waals surface area contributed by atoms with Gasteiger partial charge in [-0.1, -0.05) is 24.3 Å². The molecular weight excluding hydrogens is 312 g/mol. The second kappa shape index (κ2) is 9.47. The number of rotatable bonds is 4. The summed E-state index contributed by atoms with van der Waals surface area (Å²) >= 11 is 0. The zero-order valence-electron chi connectivity index (χ0n) is 12.5. The molecule has 6 heteroatoms. The Labute approximate surface area is 138 Å². The molecule has 2 rings (SSSR count). The van der Waals surface area contributed by atoms with Gasteiger partial charge in [-0.15, -0.1) is 0 Å². The number of phenolic OH excluding ortho intramolecular Hbond substituents is 2. The predicted octanol–water partition coefficient (Wildman–Crippen LogP) is 2.98. The second-order valence-corrected chi connectivity index (χ2v) is 4.53. The summed E-state index contributed by atoms with van der Waals surface area (Å²) in [5.41, 5.74) is 1.49. The third kappa shape index (κ3) is 8.04. The van der Waals surface area contributed by atoms with Crippen LogP contribution in [0.4, 0.5) is 0 Å². The van der Waals surface area contributed by atoms with Crippen molar-refractivity contribution in [2.45, 2.75) is 0 Å². The summed E-state index contributed by atoms with van der Waals surface area (Å²) in [7, 11) is 0. The van der Waals surface area contributed by atoms with Crippen LogP contribution >= 0.6 is 0 Å². The first-order valence-electron chi connectivity index (χ1n) is 6.77. The van der Waals surface area contributed by atoms with E-state index in [0.29, 0.717) is 0 Å². The minimum Gasteiger partial charge on any atom is -0.508 e. The van der Waals surface area contributed by atoms with Crippen LogP contribution in [0.15, 0.2) is 60.7 Å². The number of carboxylic acids is 2. The van der Waals surface area contributed by atoms with Gasteiger partial charge in [0.25, 0.3) is 0 Å². The molecule has 0 amide bonds. The van der Waals surface area contributed by atoms with Crippen molar-refractivity contribution in [1.29, 1.82) is 0 Å². The summed E-state index contributed by atoms with van der Waals surface area (Å²) in [6, 6.07) is 12.5. The molecule has 0 saturated heterocycles. The maximum atomic E-state index is 10.1. The number of aromatic hydroxyl groups is 2. The third-order valence-corrected chi connectivity index (χ3v) is 2.62. The predicted molar refractivity (Wildman–Crippen MR) is 89.6 cm³/mol. The Bertz CT molecular complexity index is 662. The molecule has 0 aromatic heterocycles. The molecule has 0 radical (unpaired) electrons. The van der Waals surface area contributed by atoms with Crippen LogP contribution in [0.5, 0.6) is 11.5 Å². The molecule has 0 heterocycles. The minimum atomic E-state index is -0.983. The van der Waals surface area contributed by atoms with Crippen molar-refractivity contribution in [3.63, 3.8) is 0 Å². The maximum Gasteiger partial charge on any atom is 0.328 e. The van der Waals surface area contributed by atoms with Gasteiger partial charge in [0, 0.05) is 12.2 Å². The Morgan fingerprint density at radius 2 is 0.917 bits per heavy atom. The molecule has 0 aliphatic rings. The Morgan fingerprint density at radius 1 is 0.625 bits per heavy atom. The summed E-state index contributed by atoms with van der Waals surface area (Å²) in [6.45, 7) is 0. The van der Waals surface area contributed by atoms with Crippen molar-refractivity contribution in [2.24, 2.45) is 0 Å². The number of hydrogen-bond donors (Lipinski definition) is 4. The standard InChI is InChI=1S/2C9H8O3/c2*10-8-4-1-7(2-5-8)3-6-9(11)12/h2*1-6,10H,(H,11,12)/b6-3+;. The van der Waals surface area contributed by atoms with Crippen LogP contribution in [0.25, 0.3) is 12.2 Å². The number of carbonyl (C=O) groups is 2. The van der Waals surface area contributed by atoms with E-state index in [9.17, 15) is 9.59 Å². The Kier molecular flexibility index (Phi) is 7.30. The zero-order valence-corrected chi connectivity index (χ0v) is 12.5. The van der Waals surface area contributed by atoms with Crippen molar-refractivity contribution >= 4 is 24.1 Å². The monoisotopic (exact) mass is 328 g/mol. The number of carboxylic acid groups (broad SMARTS) is 2. The molecule has 0 bridgehead atoms. The SMILES string of the molecule is O=C(O)/C=C/c1ccc(O)cc1.O=C(O)C=Cc1ccc(O)cc1. The minimum absolute atomic E-state index is 0.169. The molecule has 0 aliphatic carbocycles. The molecule has 24 heavy (non-hydrogen) atoms. The Morgan fingerprint density at radius 3 is 1.17 bits per heavy atom. The van der Waals surface area contributed by atoms with Crippen LogP contribution in [0.2, 0.25) is 0 Å². The highest BCUT2D eigenvalue weighted by atomic mass is 16.4. The smallest absolute Gasteiger partial charge is 0.328 e. The van der Waals surface area contributed by atoms with E-state index in [4.69, 9.17) is 20.4 Å². The first-order chi connectivity index (χ1) is 11.4. The van der Waals surface area contributed by atoms with Gasteiger partial charge in [-0.05, 0) is 47.5 Å². The first kappa shape index (κ1) is 18.5. The molecule has 0 fully saturated rings. The molecular formula is C18H16O6. The van der Waals surface area contributed by atoms with Gasteiger partial charge in [-0.2, -0.15) is 0 Å². The molecule has 0 atom stereocenters. The molecule has 0 unspecified atom stereocenters. The lowest BCUT2D eigenvalue weighted by molar-refractivity contribution is -0.132. The average Bonchev–Trinajstić information content (AvgIpc) is 2.54. The second-order valence-electron chi connectivity index (χ2n) is 4.53. The van der Waals surface area contributed by atoms with E-state index in [0.717, 1.165) is 23.3 Å². The fraction of sp³-hybridized carbons (Fsp3) is 0. The van der Waals surface area contributed by atoms with Gasteiger partial charge in [0.1, 0.15) is 11.5 Å². The largest absolute Gasteiger partial charge is 0.508 e. The quantitative estimate of drug-likeness (QED) is 0.641. The lowest BCUT2D eigenvalue weighted by Gasteiger charge is -1.92. The fourth-order valence-electron chi connectivity index (χ4n) is 1.51. The van der Waals surface area contributed by atoms with Crippen molar-refractivity contribution in [2.75, 3.05) is 0 Å². The van der Waals surface area contributed by atoms with Gasteiger partial charge < -0.3 is 20.4 Å². The van der Waals surface area contributed by atoms with Crippen molar-refractivity contribution < 1.29 is 30.0 Å². The molecule has 0 spiro atoms. The molecule has 2 aromatic carbocycles. The van der Waals surface area contributed by atoms with Crippen LogP contribution in [-0.4, -0.2) is 32.4 Å². The zero-order chi connectivity index (χ0) is 17.9. The summed E-state index contributed by atoms with van der Waals surface area (Å²) < 4.78 is 0. The number of phenols is 2. The van der Waals surface area contributed by atoms with Crippen molar-refractivity contribution in [3.05, 3.63) is 71.8 Å². The van der Waals surface area contributed by atoms with E-state index in [1.54, 1.807) is 24.3 Å². The van der Waals surface area contributed by atoms with Crippen LogP contribution in [-0.2, 0) is 9.59 Å². The summed E-state index contributed by atoms with van der Waals surface area (Å²) in [4.78, 5) is 20.2. The molecule has 0 aliphatic heterocycles. The third-order valence-electron chi connectivity index (χ3n) is 2.62. The summed E-state index contributed by atoms with van der Waals surface area (Å²) in [5.74, 6) is -1.63. The van der Waals surface area contributed by atoms with Gasteiger partial charge in [-0.25, -0.2) is 9.59 Å². The molecule has 6 nitrogen and oxygen atoms in total. The molecule has 4 N–H and O–H groups in total. The van der Waals surface area contributed by atoms with Crippen LogP contribution < -0.4 is 0 Å². The van der Waals surface area contributed by atoms with Crippen LogP contribution in [0, 0.1) is 0 Å². The van der Waals surface area contributed by atoms with Gasteiger partial charge in [0.2, 0.25) is 0 Å². The first-order valence-corrected chi connectivity index (χ1v) is 6.77. The normalized spacial score (nSPS) is 10.3. The van der Waals surface area contributed by atoms with Crippen molar-refractivity contribution in [1.82, 2.24) is 0 Å². The highest BCUT2D eigenvalue weighted by molar-refractivity contribution is 5.85. The van der Waals surface area contributed by atoms with E-state index >= 15 is 0 Å². The topological polar surface area (TPSA) is 115 Å².